The van der Waals surface area contributed by atoms with Crippen molar-refractivity contribution in [2.75, 3.05) is 42.4 Å². The van der Waals surface area contributed by atoms with E-state index in [1.165, 1.54) is 42.7 Å². The SMILES string of the molecule is CN(C)/C=N/NC(=O)c1ccc(F)cc1I.COC(OC)N(C)C.NNC(=O)c1ccc(F)cc1I. The highest BCUT2D eigenvalue weighted by molar-refractivity contribution is 14.1. The van der Waals surface area contributed by atoms with E-state index in [1.54, 1.807) is 33.2 Å². The summed E-state index contributed by atoms with van der Waals surface area (Å²) in [6.07, 6.45) is 1.25. The minimum Gasteiger partial charge on any atom is -0.367 e. The largest absolute Gasteiger partial charge is 0.367 e. The average molecular weight is 734 g/mol. The molecule has 0 heterocycles. The van der Waals surface area contributed by atoms with Crippen LogP contribution in [0.3, 0.4) is 0 Å². The van der Waals surface area contributed by atoms with Crippen molar-refractivity contribution in [1.82, 2.24) is 20.7 Å². The monoisotopic (exact) mass is 734 g/mol. The smallest absolute Gasteiger partial charge is 0.272 e. The number of nitrogens with zero attached hydrogens (tertiary/aromatic N) is 3. The van der Waals surface area contributed by atoms with Crippen LogP contribution in [0.25, 0.3) is 0 Å². The summed E-state index contributed by atoms with van der Waals surface area (Å²) >= 11 is 3.77. The molecule has 14 heteroatoms. The van der Waals surface area contributed by atoms with Gasteiger partial charge in [0.2, 0.25) is 6.41 Å². The molecule has 2 aromatic rings. The zero-order valence-corrected chi connectivity index (χ0v) is 25.0. The van der Waals surface area contributed by atoms with Crippen LogP contribution in [0.15, 0.2) is 41.5 Å². The van der Waals surface area contributed by atoms with E-state index in [-0.39, 0.29) is 24.0 Å². The zero-order chi connectivity index (χ0) is 27.8. The van der Waals surface area contributed by atoms with Crippen molar-refractivity contribution >= 4 is 63.3 Å². The number of hydrazone groups is 1. The van der Waals surface area contributed by atoms with E-state index in [4.69, 9.17) is 15.3 Å². The minimum atomic E-state index is -0.417. The molecule has 2 aromatic carbocycles. The van der Waals surface area contributed by atoms with Gasteiger partial charge in [-0.15, -0.1) is 0 Å². The molecule has 0 aliphatic heterocycles. The summed E-state index contributed by atoms with van der Waals surface area (Å²) < 4.78 is 36.2. The van der Waals surface area contributed by atoms with Crippen molar-refractivity contribution in [3.63, 3.8) is 0 Å². The fraction of sp³-hybridized carbons (Fsp3) is 0.318. The number of benzene rings is 2. The van der Waals surface area contributed by atoms with E-state index in [0.717, 1.165) is 0 Å². The van der Waals surface area contributed by atoms with E-state index < -0.39 is 5.91 Å². The van der Waals surface area contributed by atoms with E-state index in [0.29, 0.717) is 18.3 Å². The summed E-state index contributed by atoms with van der Waals surface area (Å²) in [6, 6.07) is 7.84. The highest BCUT2D eigenvalue weighted by atomic mass is 127. The Hall–Kier alpha value is -1.99. The molecular formula is C22H30F2I2N6O4. The second-order valence-corrected chi connectivity index (χ2v) is 9.44. The van der Waals surface area contributed by atoms with E-state index in [9.17, 15) is 18.4 Å². The van der Waals surface area contributed by atoms with E-state index in [1.807, 2.05) is 69.6 Å². The van der Waals surface area contributed by atoms with Crippen LogP contribution in [-0.4, -0.2) is 76.8 Å². The van der Waals surface area contributed by atoms with Crippen molar-refractivity contribution in [2.45, 2.75) is 6.41 Å². The molecule has 0 spiro atoms. The van der Waals surface area contributed by atoms with Gasteiger partial charge in [0.15, 0.2) is 0 Å². The molecule has 0 aromatic heterocycles. The van der Waals surface area contributed by atoms with Crippen molar-refractivity contribution in [1.29, 1.82) is 0 Å². The van der Waals surface area contributed by atoms with Gasteiger partial charge in [-0.2, -0.15) is 5.10 Å². The first kappa shape index (κ1) is 34.0. The lowest BCUT2D eigenvalue weighted by molar-refractivity contribution is -0.179. The summed E-state index contributed by atoms with van der Waals surface area (Å²) in [5, 5.41) is 3.72. The fourth-order valence-corrected chi connectivity index (χ4v) is 3.65. The molecule has 0 aliphatic carbocycles. The summed E-state index contributed by atoms with van der Waals surface area (Å²) in [5.41, 5.74) is 5.10. The molecule has 4 N–H and O–H groups in total. The van der Waals surface area contributed by atoms with Gasteiger partial charge in [0.05, 0.1) is 11.1 Å². The zero-order valence-electron chi connectivity index (χ0n) is 20.7. The van der Waals surface area contributed by atoms with Crippen LogP contribution in [-0.2, 0) is 9.47 Å². The molecule has 0 fully saturated rings. The topological polar surface area (TPSA) is 122 Å². The average Bonchev–Trinajstić information content (AvgIpc) is 2.79. The van der Waals surface area contributed by atoms with Crippen molar-refractivity contribution in [3.8, 4) is 0 Å². The van der Waals surface area contributed by atoms with Crippen LogP contribution in [0.2, 0.25) is 0 Å². The van der Waals surface area contributed by atoms with Crippen LogP contribution in [0.4, 0.5) is 8.78 Å². The molecule has 0 saturated heterocycles. The molecule has 0 radical (unpaired) electrons. The number of hydrogen-bond donors (Lipinski definition) is 3. The van der Waals surface area contributed by atoms with Gasteiger partial charge in [-0.1, -0.05) is 0 Å². The Bertz CT molecular complexity index is 1010. The first-order valence-electron chi connectivity index (χ1n) is 10.0. The molecule has 0 aliphatic rings. The van der Waals surface area contributed by atoms with Crippen LogP contribution in [0.5, 0.6) is 0 Å². The Morgan fingerprint density at radius 3 is 1.69 bits per heavy atom. The maximum Gasteiger partial charge on any atom is 0.272 e. The molecular weight excluding hydrogens is 704 g/mol. The third-order valence-electron chi connectivity index (χ3n) is 3.76. The molecule has 2 amide bonds. The predicted octanol–water partition coefficient (Wildman–Crippen LogP) is 2.82. The predicted molar refractivity (Wildman–Crippen MR) is 151 cm³/mol. The standard InChI is InChI=1S/C10H11FIN3O.C7H6FIN2O.C5H13NO2/c1-15(2)6-13-14-10(16)8-4-3-7(11)5-9(8)12;8-4-1-2-5(6(9)3-4)7(12)11-10;1-6(2)5(7-3)8-4/h3-6H,1-2H3,(H,14,16);1-3H,10H2,(H,11,12);5H,1-4H3/b13-6+;;. The lowest BCUT2D eigenvalue weighted by Crippen LogP contribution is -2.30. The maximum atomic E-state index is 12.8. The number of ether oxygens (including phenoxy) is 2. The van der Waals surface area contributed by atoms with Crippen molar-refractivity contribution in [2.24, 2.45) is 10.9 Å². The molecule has 0 atom stereocenters. The van der Waals surface area contributed by atoms with E-state index in [2.05, 4.69) is 10.5 Å². The number of hydrazine groups is 1. The third kappa shape index (κ3) is 13.4. The van der Waals surface area contributed by atoms with Crippen molar-refractivity contribution in [3.05, 3.63) is 66.3 Å². The second-order valence-electron chi connectivity index (χ2n) is 7.11. The second kappa shape index (κ2) is 18.3. The number of hydrogen-bond acceptors (Lipinski definition) is 7. The number of rotatable bonds is 7. The van der Waals surface area contributed by atoms with Gasteiger partial charge in [-0.05, 0) is 95.7 Å². The van der Waals surface area contributed by atoms with Gasteiger partial charge in [-0.3, -0.25) is 19.9 Å². The number of methoxy groups -OCH3 is 2. The summed E-state index contributed by atoms with van der Waals surface area (Å²) in [7, 11) is 10.6. The molecule has 200 valence electrons. The number of nitrogens with one attached hydrogen (secondary N) is 2. The lowest BCUT2D eigenvalue weighted by Gasteiger charge is -2.19. The summed E-state index contributed by atoms with van der Waals surface area (Å²) in [5.74, 6) is 3.41. The van der Waals surface area contributed by atoms with Crippen LogP contribution in [0, 0.1) is 18.8 Å². The molecule has 10 nitrogen and oxygen atoms in total. The Morgan fingerprint density at radius 1 is 0.944 bits per heavy atom. The van der Waals surface area contributed by atoms with Gasteiger partial charge in [0, 0.05) is 35.5 Å². The summed E-state index contributed by atoms with van der Waals surface area (Å²) in [4.78, 5) is 26.1. The maximum absolute atomic E-state index is 12.8. The van der Waals surface area contributed by atoms with Gasteiger partial charge < -0.3 is 14.4 Å². The quantitative estimate of drug-likeness (QED) is 0.0762. The fourth-order valence-electron chi connectivity index (χ4n) is 2.21. The molecule has 0 saturated carbocycles. The number of carbonyl (C=O) groups excluding carboxylic acids is 2. The number of amides is 2. The van der Waals surface area contributed by atoms with Crippen LogP contribution < -0.4 is 16.7 Å². The first-order valence-corrected chi connectivity index (χ1v) is 12.2. The number of carbonyl (C=O) groups is 2. The lowest BCUT2D eigenvalue weighted by atomic mass is 10.2. The number of halogens is 4. The Balaban J connectivity index is 0.000000542. The van der Waals surface area contributed by atoms with Gasteiger partial charge in [0.1, 0.15) is 18.0 Å². The third-order valence-corrected chi connectivity index (χ3v) is 5.55. The van der Waals surface area contributed by atoms with E-state index >= 15 is 0 Å². The minimum absolute atomic E-state index is 0.213. The number of nitrogen functional groups attached to an aromatic ring is 1. The van der Waals surface area contributed by atoms with Crippen LogP contribution >= 0.6 is 45.2 Å². The normalized spacial score (nSPS) is 10.4. The molecule has 36 heavy (non-hydrogen) atoms. The highest BCUT2D eigenvalue weighted by Gasteiger charge is 2.10. The molecule has 2 rings (SSSR count). The van der Waals surface area contributed by atoms with Gasteiger partial charge in [0.25, 0.3) is 11.8 Å². The Morgan fingerprint density at radius 2 is 1.39 bits per heavy atom. The molecule has 0 unspecified atom stereocenters. The number of nitrogens with two attached hydrogens (primary N) is 1. The Labute approximate surface area is 236 Å². The van der Waals surface area contributed by atoms with Crippen molar-refractivity contribution < 1.29 is 27.8 Å². The Kier molecular flexibility index (Phi) is 17.3. The highest BCUT2D eigenvalue weighted by Crippen LogP contribution is 2.14. The molecule has 0 bridgehead atoms. The van der Waals surface area contributed by atoms with Crippen LogP contribution in [0.1, 0.15) is 20.7 Å². The first-order chi connectivity index (χ1) is 16.9. The van der Waals surface area contributed by atoms with Gasteiger partial charge >= 0.3 is 0 Å². The summed E-state index contributed by atoms with van der Waals surface area (Å²) in [6.45, 7) is 0. The van der Waals surface area contributed by atoms with Gasteiger partial charge in [-0.25, -0.2) is 20.0 Å².